The maximum Gasteiger partial charge on any atom is 0.327 e. The van der Waals surface area contributed by atoms with Gasteiger partial charge in [0.15, 0.2) is 0 Å². The molecule has 2 fully saturated rings. The molecule has 3 aliphatic heterocycles. The number of aliphatic hydroxyl groups excluding tert-OH is 1. The number of rotatable bonds is 12. The lowest BCUT2D eigenvalue weighted by Gasteiger charge is -2.44. The lowest BCUT2D eigenvalue weighted by Crippen LogP contribution is -2.71. The fraction of sp³-hybridized carbons (Fsp3) is 0.517. The largest absolute Gasteiger partial charge is 0.509 e. The van der Waals surface area contributed by atoms with Crippen molar-refractivity contribution in [3.05, 3.63) is 47.2 Å². The van der Waals surface area contributed by atoms with E-state index in [1.165, 1.54) is 16.7 Å². The van der Waals surface area contributed by atoms with Crippen molar-refractivity contribution in [1.29, 1.82) is 0 Å². The summed E-state index contributed by atoms with van der Waals surface area (Å²) in [7, 11) is 0. The van der Waals surface area contributed by atoms with Crippen LogP contribution >= 0.6 is 11.8 Å². The van der Waals surface area contributed by atoms with Crippen molar-refractivity contribution in [3.8, 4) is 0 Å². The number of hydrogen-bond acceptors (Lipinski definition) is 8. The molecule has 232 valence electrons. The summed E-state index contributed by atoms with van der Waals surface area (Å²) in [4.78, 5) is 76.9. The smallest absolute Gasteiger partial charge is 0.327 e. The SMILES string of the molecule is CC(C)CC1NC(=O)C(C(=O)NCCCC(=O)N[C@@H](C(=O)N[C@@H]2C(=O)N3[C@@H]2SC(C)(C)[C@@H]3C(=O)O)c2ccccc2)=C1O. The van der Waals surface area contributed by atoms with Crippen molar-refractivity contribution in [3.63, 3.8) is 0 Å². The van der Waals surface area contributed by atoms with E-state index < -0.39 is 69.8 Å². The van der Waals surface area contributed by atoms with Crippen LogP contribution in [-0.4, -0.2) is 85.4 Å². The molecule has 0 aromatic heterocycles. The Morgan fingerprint density at radius 1 is 1.12 bits per heavy atom. The summed E-state index contributed by atoms with van der Waals surface area (Å²) in [6.07, 6.45) is 0.609. The highest BCUT2D eigenvalue weighted by Crippen LogP contribution is 2.50. The second-order valence-electron chi connectivity index (χ2n) is 11.8. The van der Waals surface area contributed by atoms with Crippen molar-refractivity contribution >= 4 is 47.3 Å². The summed E-state index contributed by atoms with van der Waals surface area (Å²) < 4.78 is -0.749. The van der Waals surface area contributed by atoms with E-state index in [2.05, 4.69) is 21.3 Å². The van der Waals surface area contributed by atoms with Crippen molar-refractivity contribution in [2.45, 2.75) is 81.2 Å². The quantitative estimate of drug-likeness (QED) is 0.112. The first-order chi connectivity index (χ1) is 20.2. The van der Waals surface area contributed by atoms with Crippen molar-refractivity contribution in [2.24, 2.45) is 5.92 Å². The molecule has 3 aliphatic rings. The molecule has 0 bridgehead atoms. The van der Waals surface area contributed by atoms with E-state index in [0.29, 0.717) is 12.0 Å². The van der Waals surface area contributed by atoms with Crippen LogP contribution in [0.4, 0.5) is 0 Å². The predicted octanol–water partition coefficient (Wildman–Crippen LogP) is 0.729. The average Bonchev–Trinajstić information content (AvgIpc) is 3.36. The Morgan fingerprint density at radius 2 is 1.79 bits per heavy atom. The summed E-state index contributed by atoms with van der Waals surface area (Å²) in [5.74, 6) is -4.20. The van der Waals surface area contributed by atoms with E-state index in [1.54, 1.807) is 44.2 Å². The third-order valence-corrected chi connectivity index (χ3v) is 9.16. The second-order valence-corrected chi connectivity index (χ2v) is 13.5. The fourth-order valence-corrected chi connectivity index (χ4v) is 7.18. The van der Waals surface area contributed by atoms with Gasteiger partial charge in [0.2, 0.25) is 17.7 Å². The fourth-order valence-electron chi connectivity index (χ4n) is 5.55. The molecule has 2 saturated heterocycles. The molecule has 5 atom stereocenters. The van der Waals surface area contributed by atoms with Gasteiger partial charge in [-0.15, -0.1) is 11.8 Å². The van der Waals surface area contributed by atoms with Crippen LogP contribution in [0.2, 0.25) is 0 Å². The number of fused-ring (bicyclic) bond motifs is 1. The highest BCUT2D eigenvalue weighted by atomic mass is 32.2. The number of hydrogen-bond donors (Lipinski definition) is 6. The molecule has 5 amide bonds. The normalized spacial score (nSPS) is 24.6. The van der Waals surface area contributed by atoms with Gasteiger partial charge in [-0.1, -0.05) is 44.2 Å². The number of carbonyl (C=O) groups is 6. The van der Waals surface area contributed by atoms with Gasteiger partial charge in [-0.05, 0) is 38.2 Å². The molecule has 6 N–H and O–H groups in total. The van der Waals surface area contributed by atoms with E-state index in [-0.39, 0.29) is 36.6 Å². The van der Waals surface area contributed by atoms with E-state index in [9.17, 15) is 39.0 Å². The van der Waals surface area contributed by atoms with Crippen LogP contribution in [0.15, 0.2) is 41.7 Å². The van der Waals surface area contributed by atoms with E-state index in [4.69, 9.17) is 0 Å². The molecule has 4 rings (SSSR count). The van der Waals surface area contributed by atoms with Crippen molar-refractivity contribution < 1.29 is 39.0 Å². The number of carboxylic acids is 1. The van der Waals surface area contributed by atoms with E-state index in [0.717, 1.165) is 0 Å². The van der Waals surface area contributed by atoms with Crippen LogP contribution in [0.5, 0.6) is 0 Å². The minimum atomic E-state index is -1.12. The standard InChI is InChI=1S/C29H37N5O8S/c1-14(2)13-16-21(36)18(24(38)31-16)23(37)30-12-8-11-17(35)32-19(15-9-6-5-7-10-15)25(39)33-20-26(40)34-22(28(41)42)29(3,4)43-27(20)34/h5-7,9-10,14,16,19-20,22,27,36H,8,11-13H2,1-4H3,(H,30,37)(H,31,38)(H,32,35)(H,33,39)(H,41,42)/t16?,19-,20-,22+,27-/m1/s1. The maximum absolute atomic E-state index is 13.4. The highest BCUT2D eigenvalue weighted by molar-refractivity contribution is 8.01. The molecule has 1 aromatic rings. The van der Waals surface area contributed by atoms with Crippen molar-refractivity contribution in [1.82, 2.24) is 26.2 Å². The van der Waals surface area contributed by atoms with Crippen LogP contribution < -0.4 is 21.3 Å². The molecule has 14 heteroatoms. The number of thioether (sulfide) groups is 1. The van der Waals surface area contributed by atoms with Gasteiger partial charge in [0.05, 0.1) is 6.04 Å². The Kier molecular flexibility index (Phi) is 9.38. The van der Waals surface area contributed by atoms with Gasteiger partial charge < -0.3 is 36.4 Å². The third-order valence-electron chi connectivity index (χ3n) is 7.59. The maximum atomic E-state index is 13.4. The van der Waals surface area contributed by atoms with Crippen LogP contribution in [0.25, 0.3) is 0 Å². The Hall–Kier alpha value is -4.07. The zero-order chi connectivity index (χ0) is 31.6. The van der Waals surface area contributed by atoms with Crippen molar-refractivity contribution in [2.75, 3.05) is 6.54 Å². The number of nitrogens with one attached hydrogen (secondary N) is 4. The summed E-state index contributed by atoms with van der Waals surface area (Å²) in [5, 5.41) is 29.9. The number of β-lactam (4-membered cyclic amide) rings is 1. The second kappa shape index (κ2) is 12.7. The molecule has 0 radical (unpaired) electrons. The number of carbonyl (C=O) groups excluding carboxylic acids is 5. The lowest BCUT2D eigenvalue weighted by atomic mass is 9.95. The molecule has 0 aliphatic carbocycles. The molecule has 1 unspecified atom stereocenters. The molecular formula is C29H37N5O8S. The molecule has 3 heterocycles. The first kappa shape index (κ1) is 31.9. The number of nitrogens with zero attached hydrogens (tertiary/aromatic N) is 1. The average molecular weight is 616 g/mol. The Bertz CT molecular complexity index is 1350. The Morgan fingerprint density at radius 3 is 2.42 bits per heavy atom. The van der Waals surface area contributed by atoms with Crippen LogP contribution in [-0.2, 0) is 28.8 Å². The van der Waals surface area contributed by atoms with Gasteiger partial charge in [-0.25, -0.2) is 4.79 Å². The molecule has 13 nitrogen and oxygen atoms in total. The van der Waals surface area contributed by atoms with E-state index >= 15 is 0 Å². The summed E-state index contributed by atoms with van der Waals surface area (Å²) >= 11 is 1.30. The first-order valence-electron chi connectivity index (χ1n) is 14.1. The first-order valence-corrected chi connectivity index (χ1v) is 15.0. The number of aliphatic hydroxyl groups is 1. The molecular weight excluding hydrogens is 578 g/mol. The monoisotopic (exact) mass is 615 g/mol. The zero-order valence-electron chi connectivity index (χ0n) is 24.4. The summed E-state index contributed by atoms with van der Waals surface area (Å²) in [6.45, 7) is 7.38. The van der Waals surface area contributed by atoms with Gasteiger partial charge in [0, 0.05) is 17.7 Å². The highest BCUT2D eigenvalue weighted by Gasteiger charge is 2.64. The third kappa shape index (κ3) is 6.63. The topological polar surface area (TPSA) is 194 Å². The summed E-state index contributed by atoms with van der Waals surface area (Å²) in [6, 6.07) is 4.79. The van der Waals surface area contributed by atoms with E-state index in [1.807, 2.05) is 13.8 Å². The molecule has 0 spiro atoms. The number of amides is 5. The van der Waals surface area contributed by atoms with Crippen LogP contribution in [0.1, 0.15) is 58.6 Å². The predicted molar refractivity (Wildman–Crippen MR) is 156 cm³/mol. The van der Waals surface area contributed by atoms with Gasteiger partial charge in [-0.2, -0.15) is 0 Å². The zero-order valence-corrected chi connectivity index (χ0v) is 25.2. The van der Waals surface area contributed by atoms with Gasteiger partial charge in [0.1, 0.15) is 34.8 Å². The van der Waals surface area contributed by atoms with Gasteiger partial charge in [0.25, 0.3) is 11.8 Å². The number of carboxylic acid groups (broad SMARTS) is 1. The Balaban J connectivity index is 1.33. The van der Waals surface area contributed by atoms with Crippen LogP contribution in [0.3, 0.4) is 0 Å². The molecule has 43 heavy (non-hydrogen) atoms. The minimum Gasteiger partial charge on any atom is -0.509 e. The van der Waals surface area contributed by atoms with Gasteiger partial charge in [-0.3, -0.25) is 24.0 Å². The Labute approximate surface area is 253 Å². The van der Waals surface area contributed by atoms with Gasteiger partial charge >= 0.3 is 5.97 Å². The lowest BCUT2D eigenvalue weighted by molar-refractivity contribution is -0.161. The number of aliphatic carboxylic acids is 1. The molecule has 0 saturated carbocycles. The number of benzene rings is 1. The molecule has 1 aromatic carbocycles. The summed E-state index contributed by atoms with van der Waals surface area (Å²) in [5.41, 5.74) is 0.150. The van der Waals surface area contributed by atoms with Crippen LogP contribution in [0, 0.1) is 5.92 Å². The minimum absolute atomic E-state index is 0.0409.